The molecule has 0 unspecified atom stereocenters. The Bertz CT molecular complexity index is 429. The molecule has 0 spiro atoms. The van der Waals surface area contributed by atoms with Crippen LogP contribution in [0, 0.1) is 0 Å². The highest BCUT2D eigenvalue weighted by Gasteiger charge is 2.20. The Balaban J connectivity index is 3.21. The molecule has 0 N–H and O–H groups in total. The van der Waals surface area contributed by atoms with Crippen molar-refractivity contribution in [3.63, 3.8) is 0 Å². The number of rotatable bonds is 4. The second-order valence-corrected chi connectivity index (χ2v) is 4.08. The number of alkyl halides is 3. The first-order chi connectivity index (χ1) is 7.99. The number of hydrogen-bond acceptors (Lipinski definition) is 3. The van der Waals surface area contributed by atoms with Crippen molar-refractivity contribution in [1.82, 2.24) is 4.98 Å². The van der Waals surface area contributed by atoms with E-state index >= 15 is 0 Å². The molecule has 1 rings (SSSR count). The maximum Gasteiger partial charge on any atom is 0.310 e. The quantitative estimate of drug-likeness (QED) is 0.484. The van der Waals surface area contributed by atoms with Gasteiger partial charge in [0, 0.05) is 16.5 Å². The van der Waals surface area contributed by atoms with Gasteiger partial charge in [0.2, 0.25) is 0 Å². The van der Waals surface area contributed by atoms with E-state index in [0.717, 1.165) is 0 Å². The lowest BCUT2D eigenvalue weighted by atomic mass is 10.1. The maximum atomic E-state index is 12.8. The summed E-state index contributed by atoms with van der Waals surface area (Å²) in [6.07, 6.45) is -3.03. The maximum absolute atomic E-state index is 12.8. The fourth-order valence-corrected chi connectivity index (χ4v) is 1.84. The van der Waals surface area contributed by atoms with Gasteiger partial charge in [-0.3, -0.25) is 4.79 Å². The first-order valence-corrected chi connectivity index (χ1v) is 6.08. The zero-order chi connectivity index (χ0) is 13.0. The van der Waals surface area contributed by atoms with Gasteiger partial charge in [0.05, 0.1) is 19.2 Å². The van der Waals surface area contributed by atoms with Crippen molar-refractivity contribution in [1.29, 1.82) is 0 Å². The van der Waals surface area contributed by atoms with Crippen molar-refractivity contribution in [3.05, 3.63) is 28.0 Å². The van der Waals surface area contributed by atoms with Crippen molar-refractivity contribution >= 4 is 33.5 Å². The van der Waals surface area contributed by atoms with E-state index in [1.165, 1.54) is 13.2 Å². The molecule has 1 aromatic heterocycles. The number of pyridine rings is 1. The number of aromatic nitrogens is 1. The van der Waals surface area contributed by atoms with Crippen LogP contribution in [0.25, 0.3) is 0 Å². The molecule has 0 aliphatic rings. The largest absolute Gasteiger partial charge is 0.469 e. The summed E-state index contributed by atoms with van der Waals surface area (Å²) in [4.78, 5) is 15.0. The summed E-state index contributed by atoms with van der Waals surface area (Å²) in [5, 5.41) is 0.216. The van der Waals surface area contributed by atoms with Crippen LogP contribution in [0.2, 0.25) is 5.15 Å². The lowest BCUT2D eigenvalue weighted by Crippen LogP contribution is -2.09. The van der Waals surface area contributed by atoms with Crippen molar-refractivity contribution < 1.29 is 18.3 Å². The second kappa shape index (κ2) is 6.26. The Hall–Kier alpha value is -0.750. The molecule has 94 valence electrons. The molecule has 1 aromatic rings. The third-order valence-corrected chi connectivity index (χ3v) is 2.97. The molecule has 0 aromatic carbocycles. The summed E-state index contributed by atoms with van der Waals surface area (Å²) in [6, 6.07) is 1.23. The molecule has 0 aliphatic carbocycles. The van der Waals surface area contributed by atoms with Gasteiger partial charge in [0.1, 0.15) is 5.15 Å². The van der Waals surface area contributed by atoms with E-state index < -0.39 is 12.4 Å². The molecule has 17 heavy (non-hydrogen) atoms. The van der Waals surface area contributed by atoms with Crippen LogP contribution in [0.15, 0.2) is 6.07 Å². The molecule has 0 bridgehead atoms. The number of esters is 1. The Labute approximate surface area is 110 Å². The lowest BCUT2D eigenvalue weighted by molar-refractivity contribution is -0.139. The second-order valence-electron chi connectivity index (χ2n) is 3.16. The molecule has 1 heterocycles. The summed E-state index contributed by atoms with van der Waals surface area (Å²) in [5.41, 5.74) is 0.113. The highest BCUT2D eigenvalue weighted by Crippen LogP contribution is 2.29. The van der Waals surface area contributed by atoms with Gasteiger partial charge in [-0.15, -0.1) is 0 Å². The highest BCUT2D eigenvalue weighted by atomic mass is 79.9. The number of ether oxygens (including phenoxy) is 1. The molecule has 3 nitrogen and oxygen atoms in total. The number of nitrogens with zero attached hydrogens (tertiary/aromatic N) is 1. The van der Waals surface area contributed by atoms with Crippen LogP contribution >= 0.6 is 27.5 Å². The van der Waals surface area contributed by atoms with Crippen LogP contribution in [0.4, 0.5) is 8.78 Å². The third-order valence-electron chi connectivity index (χ3n) is 2.08. The number of carbonyl (C=O) groups is 1. The van der Waals surface area contributed by atoms with Crippen LogP contribution in [-0.2, 0) is 21.3 Å². The van der Waals surface area contributed by atoms with Gasteiger partial charge in [0.25, 0.3) is 6.43 Å². The zero-order valence-electron chi connectivity index (χ0n) is 8.84. The Morgan fingerprint density at radius 2 is 2.29 bits per heavy atom. The minimum atomic E-state index is -2.71. The monoisotopic (exact) mass is 327 g/mol. The Morgan fingerprint density at radius 1 is 1.65 bits per heavy atom. The molecular weight excluding hydrogens is 319 g/mol. The van der Waals surface area contributed by atoms with Gasteiger partial charge in [-0.1, -0.05) is 27.5 Å². The predicted octanol–water partition coefficient (Wildman–Crippen LogP) is 3.28. The number of halogens is 4. The average molecular weight is 329 g/mol. The van der Waals surface area contributed by atoms with E-state index in [9.17, 15) is 13.6 Å². The highest BCUT2D eigenvalue weighted by molar-refractivity contribution is 9.08. The summed E-state index contributed by atoms with van der Waals surface area (Å²) in [5.74, 6) is -0.637. The van der Waals surface area contributed by atoms with E-state index in [0.29, 0.717) is 11.0 Å². The first-order valence-electron chi connectivity index (χ1n) is 4.58. The zero-order valence-corrected chi connectivity index (χ0v) is 11.2. The van der Waals surface area contributed by atoms with Crippen LogP contribution in [-0.4, -0.2) is 18.1 Å². The topological polar surface area (TPSA) is 39.2 Å². The van der Waals surface area contributed by atoms with Gasteiger partial charge in [0.15, 0.2) is 0 Å². The van der Waals surface area contributed by atoms with Crippen molar-refractivity contribution in [2.75, 3.05) is 7.11 Å². The fraction of sp³-hybridized carbons (Fsp3) is 0.400. The molecule has 0 saturated carbocycles. The van der Waals surface area contributed by atoms with Gasteiger partial charge < -0.3 is 4.74 Å². The fourth-order valence-electron chi connectivity index (χ4n) is 1.27. The van der Waals surface area contributed by atoms with Crippen LogP contribution < -0.4 is 0 Å². The van der Waals surface area contributed by atoms with Gasteiger partial charge in [-0.05, 0) is 6.07 Å². The number of carbonyl (C=O) groups excluding carboxylic acids is 1. The first kappa shape index (κ1) is 14.3. The summed E-state index contributed by atoms with van der Waals surface area (Å²) in [6.45, 7) is 0. The summed E-state index contributed by atoms with van der Waals surface area (Å²) >= 11 is 8.89. The van der Waals surface area contributed by atoms with E-state index in [1.807, 2.05) is 0 Å². The number of methoxy groups -OCH3 is 1. The Kier molecular flexibility index (Phi) is 5.27. The molecule has 0 amide bonds. The lowest BCUT2D eigenvalue weighted by Gasteiger charge is -2.11. The van der Waals surface area contributed by atoms with E-state index in [2.05, 4.69) is 25.7 Å². The van der Waals surface area contributed by atoms with E-state index in [-0.39, 0.29) is 22.7 Å². The van der Waals surface area contributed by atoms with Gasteiger partial charge in [-0.25, -0.2) is 13.8 Å². The standard InChI is InChI=1S/C10H9BrClF2NO2/c1-17-8(16)3-6-7(10(13)14)2-5(4-11)15-9(6)12/h2,10H,3-4H2,1H3. The minimum absolute atomic E-state index is 0.0122. The molecule has 0 radical (unpaired) electrons. The molecule has 0 atom stereocenters. The molecule has 0 aliphatic heterocycles. The molecule has 0 fully saturated rings. The van der Waals surface area contributed by atoms with Crippen molar-refractivity contribution in [2.45, 2.75) is 18.2 Å². The molecule has 0 saturated heterocycles. The minimum Gasteiger partial charge on any atom is -0.469 e. The predicted molar refractivity (Wildman–Crippen MR) is 62.6 cm³/mol. The van der Waals surface area contributed by atoms with Crippen LogP contribution in [0.1, 0.15) is 23.2 Å². The van der Waals surface area contributed by atoms with Gasteiger partial charge in [-0.2, -0.15) is 0 Å². The normalized spacial score (nSPS) is 10.7. The van der Waals surface area contributed by atoms with Crippen molar-refractivity contribution in [2.24, 2.45) is 0 Å². The van der Waals surface area contributed by atoms with Crippen molar-refractivity contribution in [3.8, 4) is 0 Å². The van der Waals surface area contributed by atoms with Gasteiger partial charge >= 0.3 is 5.97 Å². The molecular formula is C10H9BrClF2NO2. The third kappa shape index (κ3) is 3.61. The van der Waals surface area contributed by atoms with Crippen LogP contribution in [0.3, 0.4) is 0 Å². The van der Waals surface area contributed by atoms with E-state index in [4.69, 9.17) is 11.6 Å². The smallest absolute Gasteiger partial charge is 0.310 e. The summed E-state index contributed by atoms with van der Waals surface area (Å²) < 4.78 is 30.1. The Morgan fingerprint density at radius 3 is 2.76 bits per heavy atom. The average Bonchev–Trinajstić information content (AvgIpc) is 2.30. The summed E-state index contributed by atoms with van der Waals surface area (Å²) in [7, 11) is 1.18. The van der Waals surface area contributed by atoms with E-state index in [1.54, 1.807) is 0 Å². The van der Waals surface area contributed by atoms with Crippen LogP contribution in [0.5, 0.6) is 0 Å². The SMILES string of the molecule is COC(=O)Cc1c(C(F)F)cc(CBr)nc1Cl. The number of hydrogen-bond donors (Lipinski definition) is 0. The molecule has 7 heteroatoms.